The molecule has 0 spiro atoms. The van der Waals surface area contributed by atoms with Crippen molar-refractivity contribution in [2.75, 3.05) is 0 Å². The highest BCUT2D eigenvalue weighted by Crippen LogP contribution is 2.54. The van der Waals surface area contributed by atoms with E-state index < -0.39 is 82.4 Å². The highest BCUT2D eigenvalue weighted by atomic mass is 35.5. The second kappa shape index (κ2) is 10.8. The van der Waals surface area contributed by atoms with Crippen LogP contribution in [0.5, 0.6) is 0 Å². The topological polar surface area (TPSA) is 142 Å². The van der Waals surface area contributed by atoms with E-state index in [0.717, 1.165) is 6.92 Å². The maximum absolute atomic E-state index is 13.0. The fourth-order valence-corrected chi connectivity index (χ4v) is 6.39. The number of fused-ring (bicyclic) bond motifs is 2. The lowest BCUT2D eigenvalue weighted by Crippen LogP contribution is -2.67. The summed E-state index contributed by atoms with van der Waals surface area (Å²) in [5.74, 6) is -6.32. The van der Waals surface area contributed by atoms with Crippen LogP contribution in [0.25, 0.3) is 0 Å². The zero-order valence-electron chi connectivity index (χ0n) is 22.4. The molecule has 1 unspecified atom stereocenters. The van der Waals surface area contributed by atoms with Crippen molar-refractivity contribution in [3.63, 3.8) is 0 Å². The smallest absolute Gasteiger partial charge is 0.312 e. The number of carbonyl (C=O) groups is 5. The first-order chi connectivity index (χ1) is 17.6. The first-order valence-electron chi connectivity index (χ1n) is 12.6. The Morgan fingerprint density at radius 2 is 1.74 bits per heavy atom. The van der Waals surface area contributed by atoms with Crippen LogP contribution in [0.1, 0.15) is 54.4 Å². The molecular formula is C27H35ClO10. The van der Waals surface area contributed by atoms with Gasteiger partial charge >= 0.3 is 23.9 Å². The van der Waals surface area contributed by atoms with Gasteiger partial charge in [0.2, 0.25) is 0 Å². The Hall–Kier alpha value is -2.72. The standard InChI is InChI=1S/C27H35ClO10/c1-8-19(32)37-22-18(35-15(5)29)11-12(2)21(28)24-27(34,14(4)25(33)38-24)23(36-16(6)30)20-13(3)17(31)9-10-26(20,22)7/h9-10,13-14,18,20-24,34H,2,8,11H2,1,3-7H3/t13-,14-,18-,20+,21-,22-,23?,24-,26-,27-/m0/s1. The quantitative estimate of drug-likeness (QED) is 0.238. The van der Waals surface area contributed by atoms with E-state index >= 15 is 0 Å². The van der Waals surface area contributed by atoms with Gasteiger partial charge in [-0.2, -0.15) is 0 Å². The Balaban J connectivity index is 2.39. The molecule has 1 N–H and O–H groups in total. The van der Waals surface area contributed by atoms with E-state index in [0.29, 0.717) is 0 Å². The molecule has 11 heteroatoms. The van der Waals surface area contributed by atoms with Gasteiger partial charge in [0, 0.05) is 43.9 Å². The average molecular weight is 555 g/mol. The van der Waals surface area contributed by atoms with Crippen LogP contribution >= 0.6 is 11.6 Å². The fourth-order valence-electron chi connectivity index (χ4n) is 6.04. The Morgan fingerprint density at radius 3 is 2.29 bits per heavy atom. The minimum Gasteiger partial charge on any atom is -0.459 e. The van der Waals surface area contributed by atoms with Crippen molar-refractivity contribution in [1.29, 1.82) is 0 Å². The largest absolute Gasteiger partial charge is 0.459 e. The molecule has 2 aliphatic carbocycles. The van der Waals surface area contributed by atoms with Crippen molar-refractivity contribution < 1.29 is 48.0 Å². The van der Waals surface area contributed by atoms with Crippen LogP contribution in [0.3, 0.4) is 0 Å². The number of rotatable bonds is 4. The summed E-state index contributed by atoms with van der Waals surface area (Å²) in [5, 5.41) is 11.1. The van der Waals surface area contributed by atoms with Gasteiger partial charge in [-0.05, 0) is 13.0 Å². The highest BCUT2D eigenvalue weighted by molar-refractivity contribution is 6.23. The number of hydrogen-bond donors (Lipinski definition) is 1. The summed E-state index contributed by atoms with van der Waals surface area (Å²) in [4.78, 5) is 63.2. The molecule has 0 bridgehead atoms. The number of aliphatic hydroxyl groups is 1. The number of halogens is 1. The van der Waals surface area contributed by atoms with Crippen LogP contribution in [0.15, 0.2) is 24.3 Å². The molecule has 0 radical (unpaired) electrons. The van der Waals surface area contributed by atoms with E-state index in [1.165, 1.54) is 26.0 Å². The van der Waals surface area contributed by atoms with Crippen molar-refractivity contribution in [1.82, 2.24) is 0 Å². The Labute approximate surface area is 226 Å². The predicted octanol–water partition coefficient (Wildman–Crippen LogP) is 2.43. The van der Waals surface area contributed by atoms with Gasteiger partial charge in [0.25, 0.3) is 0 Å². The van der Waals surface area contributed by atoms with Gasteiger partial charge in [0.1, 0.15) is 18.3 Å². The summed E-state index contributed by atoms with van der Waals surface area (Å²) < 4.78 is 22.8. The third-order valence-electron chi connectivity index (χ3n) is 8.07. The molecule has 3 aliphatic rings. The molecule has 1 aliphatic heterocycles. The second-order valence-corrected chi connectivity index (χ2v) is 11.1. The summed E-state index contributed by atoms with van der Waals surface area (Å²) in [7, 11) is 0. The molecule has 1 heterocycles. The third kappa shape index (κ3) is 5.00. The molecule has 0 aromatic heterocycles. The SMILES string of the molecule is C=C1C[C@H](OC(C)=O)[C@H](OC(=O)CC)[C@@]2(C)C=CC(=O)[C@H](C)[C@@H]2C(OC(C)=O)[C@@]2(O)[C@@H](C)C(=O)O[C@H]2[C@H]1Cl. The molecule has 3 rings (SSSR count). The van der Waals surface area contributed by atoms with Gasteiger partial charge in [-0.25, -0.2) is 0 Å². The fraction of sp³-hybridized carbons (Fsp3) is 0.667. The Morgan fingerprint density at radius 1 is 1.13 bits per heavy atom. The number of alkyl halides is 1. The van der Waals surface area contributed by atoms with E-state index in [4.69, 9.17) is 30.5 Å². The van der Waals surface area contributed by atoms with Gasteiger partial charge < -0.3 is 24.1 Å². The minimum atomic E-state index is -2.18. The normalized spacial score (nSPS) is 40.9. The number of carbonyl (C=O) groups excluding carboxylic acids is 5. The molecule has 0 aromatic carbocycles. The molecule has 0 amide bonds. The van der Waals surface area contributed by atoms with Crippen molar-refractivity contribution in [3.8, 4) is 0 Å². The maximum Gasteiger partial charge on any atom is 0.312 e. The number of hydrogen-bond acceptors (Lipinski definition) is 10. The Bertz CT molecular complexity index is 1070. The van der Waals surface area contributed by atoms with Gasteiger partial charge in [-0.1, -0.05) is 39.0 Å². The van der Waals surface area contributed by atoms with Crippen LogP contribution in [0, 0.1) is 23.2 Å². The minimum absolute atomic E-state index is 0.0000755. The highest BCUT2D eigenvalue weighted by Gasteiger charge is 2.68. The number of allylic oxidation sites excluding steroid dienone is 1. The van der Waals surface area contributed by atoms with Crippen LogP contribution < -0.4 is 0 Å². The second-order valence-electron chi connectivity index (χ2n) is 10.6. The molecule has 2 fully saturated rings. The Kier molecular flexibility index (Phi) is 8.48. The van der Waals surface area contributed by atoms with Gasteiger partial charge in [-0.15, -0.1) is 11.6 Å². The predicted molar refractivity (Wildman–Crippen MR) is 134 cm³/mol. The number of esters is 4. The first kappa shape index (κ1) is 29.8. The molecular weight excluding hydrogens is 520 g/mol. The molecule has 0 aromatic rings. The van der Waals surface area contributed by atoms with Gasteiger partial charge in [-0.3, -0.25) is 24.0 Å². The van der Waals surface area contributed by atoms with E-state index in [2.05, 4.69) is 6.58 Å². The summed E-state index contributed by atoms with van der Waals surface area (Å²) in [6.45, 7) is 12.6. The summed E-state index contributed by atoms with van der Waals surface area (Å²) in [6.07, 6.45) is -2.51. The van der Waals surface area contributed by atoms with E-state index in [1.807, 2.05) is 0 Å². The van der Waals surface area contributed by atoms with Gasteiger partial charge in [0.15, 0.2) is 17.5 Å². The molecule has 10 nitrogen and oxygen atoms in total. The van der Waals surface area contributed by atoms with Crippen LogP contribution in [0.2, 0.25) is 0 Å². The van der Waals surface area contributed by atoms with E-state index in [9.17, 15) is 29.1 Å². The maximum atomic E-state index is 13.0. The zero-order chi connectivity index (χ0) is 28.7. The summed E-state index contributed by atoms with van der Waals surface area (Å²) in [5.41, 5.74) is -3.30. The third-order valence-corrected chi connectivity index (χ3v) is 8.61. The van der Waals surface area contributed by atoms with E-state index in [-0.39, 0.29) is 24.2 Å². The van der Waals surface area contributed by atoms with Gasteiger partial charge in [0.05, 0.1) is 11.3 Å². The van der Waals surface area contributed by atoms with Crippen molar-refractivity contribution >= 4 is 41.3 Å². The van der Waals surface area contributed by atoms with Crippen molar-refractivity contribution in [2.24, 2.45) is 23.2 Å². The van der Waals surface area contributed by atoms with Crippen molar-refractivity contribution in [2.45, 2.75) is 89.8 Å². The number of ketones is 1. The summed E-state index contributed by atoms with van der Waals surface area (Å²) >= 11 is 6.74. The average Bonchev–Trinajstić information content (AvgIpc) is 3.07. The lowest BCUT2D eigenvalue weighted by atomic mass is 9.56. The molecule has 1 saturated carbocycles. The monoisotopic (exact) mass is 554 g/mol. The zero-order valence-corrected chi connectivity index (χ0v) is 23.2. The van der Waals surface area contributed by atoms with Crippen LogP contribution in [-0.2, 0) is 42.9 Å². The number of ether oxygens (including phenoxy) is 4. The lowest BCUT2D eigenvalue weighted by Gasteiger charge is -2.53. The molecule has 210 valence electrons. The summed E-state index contributed by atoms with van der Waals surface area (Å²) in [6, 6.07) is 0. The lowest BCUT2D eigenvalue weighted by molar-refractivity contribution is -0.217. The van der Waals surface area contributed by atoms with Crippen molar-refractivity contribution in [3.05, 3.63) is 24.3 Å². The van der Waals surface area contributed by atoms with Crippen LogP contribution in [0.4, 0.5) is 0 Å². The molecule has 38 heavy (non-hydrogen) atoms. The molecule has 10 atom stereocenters. The van der Waals surface area contributed by atoms with Crippen LogP contribution in [-0.4, -0.2) is 70.2 Å². The first-order valence-corrected chi connectivity index (χ1v) is 13.0. The molecule has 1 saturated heterocycles. The van der Waals surface area contributed by atoms with E-state index in [1.54, 1.807) is 20.8 Å².